The summed E-state index contributed by atoms with van der Waals surface area (Å²) in [5, 5.41) is 3.14. The minimum Gasteiger partial charge on any atom is -0.353 e. The van der Waals surface area contributed by atoms with Crippen LogP contribution in [0.15, 0.2) is 23.1 Å². The van der Waals surface area contributed by atoms with Crippen molar-refractivity contribution in [2.45, 2.75) is 31.2 Å². The first-order valence-electron chi connectivity index (χ1n) is 8.21. The Labute approximate surface area is 159 Å². The fourth-order valence-electron chi connectivity index (χ4n) is 2.61. The molecule has 1 unspecified atom stereocenters. The van der Waals surface area contributed by atoms with Crippen LogP contribution in [0.4, 0.5) is 0 Å². The van der Waals surface area contributed by atoms with Crippen molar-refractivity contribution in [2.75, 3.05) is 32.7 Å². The van der Waals surface area contributed by atoms with Gasteiger partial charge in [0.15, 0.2) is 0 Å². The molecule has 0 aromatic heterocycles. The van der Waals surface area contributed by atoms with E-state index in [2.05, 4.69) is 5.32 Å². The molecule has 1 aromatic carbocycles. The van der Waals surface area contributed by atoms with E-state index in [-0.39, 0.29) is 33.4 Å². The average molecular weight is 408 g/mol. The summed E-state index contributed by atoms with van der Waals surface area (Å²) in [6.45, 7) is 5.78. The van der Waals surface area contributed by atoms with Crippen molar-refractivity contribution in [1.82, 2.24) is 14.5 Å². The molecule has 0 bridgehead atoms. The molecule has 1 saturated heterocycles. The lowest BCUT2D eigenvalue weighted by Gasteiger charge is -2.34. The van der Waals surface area contributed by atoms with Crippen molar-refractivity contribution in [3.8, 4) is 0 Å². The van der Waals surface area contributed by atoms with Crippen LogP contribution in [0.1, 0.15) is 20.3 Å². The van der Waals surface area contributed by atoms with Crippen LogP contribution in [0.25, 0.3) is 0 Å². The molecule has 9 heteroatoms. The molecule has 1 atom stereocenters. The zero-order valence-electron chi connectivity index (χ0n) is 14.3. The number of halogens is 2. The highest BCUT2D eigenvalue weighted by Gasteiger charge is 2.32. The Morgan fingerprint density at radius 1 is 1.20 bits per heavy atom. The van der Waals surface area contributed by atoms with Crippen molar-refractivity contribution < 1.29 is 13.2 Å². The summed E-state index contributed by atoms with van der Waals surface area (Å²) >= 11 is 12.1. The number of nitrogens with one attached hydrogen (secondary N) is 1. The van der Waals surface area contributed by atoms with Gasteiger partial charge in [0.1, 0.15) is 4.90 Å². The van der Waals surface area contributed by atoms with E-state index in [1.165, 1.54) is 16.4 Å². The molecule has 1 heterocycles. The molecule has 1 aliphatic rings. The SMILES string of the molecule is CCC(C)NC(=O)CN1CCN(S(=O)(=O)c2c(Cl)cccc2Cl)CC1. The molecule has 2 rings (SSSR count). The highest BCUT2D eigenvalue weighted by Crippen LogP contribution is 2.31. The molecule has 0 saturated carbocycles. The monoisotopic (exact) mass is 407 g/mol. The largest absolute Gasteiger partial charge is 0.353 e. The molecular formula is C16H23Cl2N3O3S. The highest BCUT2D eigenvalue weighted by molar-refractivity contribution is 7.89. The molecule has 6 nitrogen and oxygen atoms in total. The minimum absolute atomic E-state index is 0.0418. The first kappa shape index (κ1) is 20.5. The van der Waals surface area contributed by atoms with Crippen LogP contribution in [-0.2, 0) is 14.8 Å². The van der Waals surface area contributed by atoms with Gasteiger partial charge in [-0.15, -0.1) is 0 Å². The van der Waals surface area contributed by atoms with Crippen LogP contribution in [0.5, 0.6) is 0 Å². The molecule has 1 aliphatic heterocycles. The van der Waals surface area contributed by atoms with Crippen LogP contribution < -0.4 is 5.32 Å². The lowest BCUT2D eigenvalue weighted by Crippen LogP contribution is -2.51. The van der Waals surface area contributed by atoms with Gasteiger partial charge in [0, 0.05) is 32.2 Å². The summed E-state index contributed by atoms with van der Waals surface area (Å²) in [5.41, 5.74) is 0. The lowest BCUT2D eigenvalue weighted by atomic mass is 10.2. The second-order valence-corrected chi connectivity index (χ2v) is 8.80. The molecule has 1 amide bonds. The normalized spacial score (nSPS) is 18.1. The Morgan fingerprint density at radius 2 is 1.76 bits per heavy atom. The summed E-state index contributed by atoms with van der Waals surface area (Å²) in [6, 6.07) is 4.76. The Kier molecular flexibility index (Phi) is 7.10. The van der Waals surface area contributed by atoms with Crippen LogP contribution >= 0.6 is 23.2 Å². The molecule has 0 spiro atoms. The standard InChI is InChI=1S/C16H23Cl2N3O3S/c1-3-12(2)19-15(22)11-20-7-9-21(10-8-20)25(23,24)16-13(17)5-4-6-14(16)18/h4-6,12H,3,7-11H2,1-2H3,(H,19,22). The number of piperazine rings is 1. The van der Waals surface area contributed by atoms with E-state index in [9.17, 15) is 13.2 Å². The smallest absolute Gasteiger partial charge is 0.246 e. The van der Waals surface area contributed by atoms with E-state index in [0.717, 1.165) is 6.42 Å². The van der Waals surface area contributed by atoms with Gasteiger partial charge in [0.2, 0.25) is 15.9 Å². The maximum atomic E-state index is 12.8. The zero-order valence-corrected chi connectivity index (χ0v) is 16.7. The van der Waals surface area contributed by atoms with Gasteiger partial charge in [-0.05, 0) is 25.5 Å². The maximum Gasteiger partial charge on any atom is 0.246 e. The third kappa shape index (κ3) is 5.08. The van der Waals surface area contributed by atoms with Gasteiger partial charge in [0.25, 0.3) is 0 Å². The van der Waals surface area contributed by atoms with Gasteiger partial charge in [-0.1, -0.05) is 36.2 Å². The summed E-state index contributed by atoms with van der Waals surface area (Å²) in [6.07, 6.45) is 0.871. The Hall–Kier alpha value is -0.860. The number of sulfonamides is 1. The number of nitrogens with zero attached hydrogens (tertiary/aromatic N) is 2. The van der Waals surface area contributed by atoms with Crippen LogP contribution in [0, 0.1) is 0 Å². The summed E-state index contributed by atoms with van der Waals surface area (Å²) in [5.74, 6) is -0.0418. The van der Waals surface area contributed by atoms with E-state index in [1.807, 2.05) is 18.7 Å². The molecule has 1 N–H and O–H groups in total. The van der Waals surface area contributed by atoms with Crippen molar-refractivity contribution >= 4 is 39.1 Å². The zero-order chi connectivity index (χ0) is 18.6. The molecule has 1 fully saturated rings. The van der Waals surface area contributed by atoms with Gasteiger partial charge >= 0.3 is 0 Å². The molecular weight excluding hydrogens is 385 g/mol. The Balaban J connectivity index is 1.99. The molecule has 25 heavy (non-hydrogen) atoms. The third-order valence-corrected chi connectivity index (χ3v) is 7.09. The Bertz CT molecular complexity index is 699. The van der Waals surface area contributed by atoms with Crippen molar-refractivity contribution in [2.24, 2.45) is 0 Å². The van der Waals surface area contributed by atoms with Gasteiger partial charge in [0.05, 0.1) is 16.6 Å². The van der Waals surface area contributed by atoms with E-state index in [0.29, 0.717) is 26.2 Å². The van der Waals surface area contributed by atoms with Gasteiger partial charge in [-0.3, -0.25) is 9.69 Å². The quantitative estimate of drug-likeness (QED) is 0.784. The number of carbonyl (C=O) groups is 1. The van der Waals surface area contributed by atoms with Crippen molar-refractivity contribution in [1.29, 1.82) is 0 Å². The summed E-state index contributed by atoms with van der Waals surface area (Å²) < 4.78 is 27.0. The number of hydrogen-bond acceptors (Lipinski definition) is 4. The molecule has 0 aliphatic carbocycles. The first-order chi connectivity index (χ1) is 11.8. The third-order valence-electron chi connectivity index (χ3n) is 4.24. The number of amides is 1. The number of hydrogen-bond donors (Lipinski definition) is 1. The second kappa shape index (κ2) is 8.68. The second-order valence-electron chi connectivity index (χ2n) is 6.11. The predicted octanol–water partition coefficient (Wildman–Crippen LogP) is 2.21. The van der Waals surface area contributed by atoms with E-state index in [4.69, 9.17) is 23.2 Å². The van der Waals surface area contributed by atoms with Gasteiger partial charge in [-0.25, -0.2) is 8.42 Å². The first-order valence-corrected chi connectivity index (χ1v) is 10.4. The molecule has 1 aromatic rings. The van der Waals surface area contributed by atoms with Gasteiger partial charge in [-0.2, -0.15) is 4.31 Å². The van der Waals surface area contributed by atoms with Crippen LogP contribution in [-0.4, -0.2) is 62.3 Å². The predicted molar refractivity (Wildman–Crippen MR) is 99.6 cm³/mol. The fraction of sp³-hybridized carbons (Fsp3) is 0.562. The highest BCUT2D eigenvalue weighted by atomic mass is 35.5. The van der Waals surface area contributed by atoms with E-state index in [1.54, 1.807) is 6.07 Å². The van der Waals surface area contributed by atoms with Gasteiger partial charge < -0.3 is 5.32 Å². The molecule has 0 radical (unpaired) electrons. The number of benzene rings is 1. The van der Waals surface area contributed by atoms with Crippen LogP contribution in [0.2, 0.25) is 10.0 Å². The maximum absolute atomic E-state index is 12.8. The summed E-state index contributed by atoms with van der Waals surface area (Å²) in [7, 11) is -3.76. The lowest BCUT2D eigenvalue weighted by molar-refractivity contribution is -0.123. The topological polar surface area (TPSA) is 69.7 Å². The number of rotatable bonds is 6. The van der Waals surface area contributed by atoms with Crippen molar-refractivity contribution in [3.05, 3.63) is 28.2 Å². The average Bonchev–Trinajstić information content (AvgIpc) is 2.54. The summed E-state index contributed by atoms with van der Waals surface area (Å²) in [4.78, 5) is 13.8. The minimum atomic E-state index is -3.76. The van der Waals surface area contributed by atoms with E-state index >= 15 is 0 Å². The Morgan fingerprint density at radius 3 is 2.28 bits per heavy atom. The van der Waals surface area contributed by atoms with Crippen LogP contribution in [0.3, 0.4) is 0 Å². The van der Waals surface area contributed by atoms with Crippen molar-refractivity contribution in [3.63, 3.8) is 0 Å². The number of carbonyl (C=O) groups excluding carboxylic acids is 1. The van der Waals surface area contributed by atoms with E-state index < -0.39 is 10.0 Å². The molecule has 140 valence electrons. The fourth-order valence-corrected chi connectivity index (χ4v) is 5.13.